The quantitative estimate of drug-likeness (QED) is 0.252. The minimum Gasteiger partial charge on any atom is -0.352 e. The van der Waals surface area contributed by atoms with Gasteiger partial charge in [0, 0.05) is 20.6 Å². The maximum atomic E-state index is 9.89. The normalized spacial score (nSPS) is 11.2. The van der Waals surface area contributed by atoms with E-state index in [1.807, 2.05) is 6.08 Å². The maximum Gasteiger partial charge on any atom is 0.176 e. The Morgan fingerprint density at radius 1 is 1.27 bits per heavy atom. The summed E-state index contributed by atoms with van der Waals surface area (Å²) in [4.78, 5) is 9.89. The highest BCUT2D eigenvalue weighted by atomic mass is 16.7. The molecule has 0 heterocycles. The fourth-order valence-corrected chi connectivity index (χ4v) is 0.625. The number of carbonyl (C=O) groups is 1. The Morgan fingerprint density at radius 3 is 2.36 bits per heavy atom. The number of hydrogen-bond acceptors (Lipinski definition) is 3. The predicted octanol–water partition coefficient (Wildman–Crippen LogP) is 1.14. The van der Waals surface area contributed by atoms with Gasteiger partial charge in [-0.1, -0.05) is 6.08 Å². The first-order valence-electron chi connectivity index (χ1n) is 3.51. The lowest BCUT2D eigenvalue weighted by Gasteiger charge is -2.06. The van der Waals surface area contributed by atoms with E-state index in [2.05, 4.69) is 0 Å². The lowest BCUT2D eigenvalue weighted by molar-refractivity contribution is -0.107. The van der Waals surface area contributed by atoms with E-state index in [1.165, 1.54) is 0 Å². The molecule has 0 radical (unpaired) electrons. The second-order valence-electron chi connectivity index (χ2n) is 2.01. The Kier molecular flexibility index (Phi) is 6.98. The van der Waals surface area contributed by atoms with E-state index in [9.17, 15) is 4.79 Å². The standard InChI is InChI=1S/C8H14O3/c1-10-8(11-2)6-4-3-5-7-9/h4,6-8H,3,5H2,1-2H3/b6-4+. The highest BCUT2D eigenvalue weighted by Gasteiger charge is 1.95. The molecule has 0 unspecified atom stereocenters. The lowest BCUT2D eigenvalue weighted by Crippen LogP contribution is -2.08. The van der Waals surface area contributed by atoms with Gasteiger partial charge in [0.1, 0.15) is 6.29 Å². The number of hydrogen-bond donors (Lipinski definition) is 0. The molecule has 0 bridgehead atoms. The van der Waals surface area contributed by atoms with Gasteiger partial charge in [0.15, 0.2) is 6.29 Å². The van der Waals surface area contributed by atoms with Gasteiger partial charge in [0.2, 0.25) is 0 Å². The largest absolute Gasteiger partial charge is 0.352 e. The molecule has 0 aliphatic carbocycles. The van der Waals surface area contributed by atoms with E-state index in [4.69, 9.17) is 9.47 Å². The van der Waals surface area contributed by atoms with Crippen molar-refractivity contribution in [1.29, 1.82) is 0 Å². The van der Waals surface area contributed by atoms with Crippen LogP contribution in [0.5, 0.6) is 0 Å². The minimum absolute atomic E-state index is 0.290. The van der Waals surface area contributed by atoms with Crippen LogP contribution >= 0.6 is 0 Å². The first-order valence-corrected chi connectivity index (χ1v) is 3.51. The Bertz CT molecular complexity index is 117. The third-order valence-electron chi connectivity index (χ3n) is 1.21. The van der Waals surface area contributed by atoms with Crippen LogP contribution in [0.2, 0.25) is 0 Å². The summed E-state index contributed by atoms with van der Waals surface area (Å²) < 4.78 is 9.76. The number of unbranched alkanes of at least 4 members (excludes halogenated alkanes) is 1. The van der Waals surface area contributed by atoms with Crippen molar-refractivity contribution in [3.63, 3.8) is 0 Å². The van der Waals surface area contributed by atoms with E-state index in [0.717, 1.165) is 12.7 Å². The van der Waals surface area contributed by atoms with E-state index < -0.39 is 0 Å². The van der Waals surface area contributed by atoms with Gasteiger partial charge in [0.05, 0.1) is 0 Å². The van der Waals surface area contributed by atoms with Crippen molar-refractivity contribution in [2.75, 3.05) is 14.2 Å². The van der Waals surface area contributed by atoms with Crippen molar-refractivity contribution in [3.8, 4) is 0 Å². The smallest absolute Gasteiger partial charge is 0.176 e. The molecule has 0 spiro atoms. The molecule has 0 N–H and O–H groups in total. The molecular weight excluding hydrogens is 144 g/mol. The lowest BCUT2D eigenvalue weighted by atomic mass is 10.3. The molecule has 0 aliphatic rings. The zero-order valence-electron chi connectivity index (χ0n) is 6.95. The summed E-state index contributed by atoms with van der Waals surface area (Å²) in [5, 5.41) is 0. The van der Waals surface area contributed by atoms with E-state index in [1.54, 1.807) is 20.3 Å². The number of rotatable bonds is 6. The summed E-state index contributed by atoms with van der Waals surface area (Å²) in [5.74, 6) is 0. The summed E-state index contributed by atoms with van der Waals surface area (Å²) >= 11 is 0. The molecule has 11 heavy (non-hydrogen) atoms. The summed E-state index contributed by atoms with van der Waals surface area (Å²) in [6, 6.07) is 0. The van der Waals surface area contributed by atoms with Gasteiger partial charge in [-0.2, -0.15) is 0 Å². The van der Waals surface area contributed by atoms with Gasteiger partial charge in [-0.25, -0.2) is 0 Å². The fourth-order valence-electron chi connectivity index (χ4n) is 0.625. The second kappa shape index (κ2) is 7.44. The van der Waals surface area contributed by atoms with E-state index in [-0.39, 0.29) is 6.29 Å². The number of ether oxygens (including phenoxy) is 2. The number of aldehydes is 1. The number of methoxy groups -OCH3 is 2. The van der Waals surface area contributed by atoms with Crippen molar-refractivity contribution in [3.05, 3.63) is 12.2 Å². The van der Waals surface area contributed by atoms with Crippen LogP contribution in [0.25, 0.3) is 0 Å². The molecule has 0 saturated heterocycles. The Morgan fingerprint density at radius 2 is 1.91 bits per heavy atom. The predicted molar refractivity (Wildman–Crippen MR) is 42.2 cm³/mol. The van der Waals surface area contributed by atoms with E-state index >= 15 is 0 Å². The first-order chi connectivity index (χ1) is 5.35. The van der Waals surface area contributed by atoms with Gasteiger partial charge in [-0.3, -0.25) is 0 Å². The molecule has 3 nitrogen and oxygen atoms in total. The maximum absolute atomic E-state index is 9.89. The molecule has 0 amide bonds. The van der Waals surface area contributed by atoms with Crippen LogP contribution in [0.1, 0.15) is 12.8 Å². The fraction of sp³-hybridized carbons (Fsp3) is 0.625. The Balaban J connectivity index is 3.44. The van der Waals surface area contributed by atoms with Gasteiger partial charge >= 0.3 is 0 Å². The Hall–Kier alpha value is -0.670. The molecule has 0 aliphatic heterocycles. The summed E-state index contributed by atoms with van der Waals surface area (Å²) in [5.41, 5.74) is 0. The molecule has 64 valence electrons. The number of carbonyl (C=O) groups excluding carboxylic acids is 1. The minimum atomic E-state index is -0.290. The van der Waals surface area contributed by atoms with Gasteiger partial charge in [-0.15, -0.1) is 0 Å². The molecule has 0 atom stereocenters. The van der Waals surface area contributed by atoms with Crippen molar-refractivity contribution >= 4 is 6.29 Å². The summed E-state index contributed by atoms with van der Waals surface area (Å²) in [6.45, 7) is 0. The molecule has 0 fully saturated rings. The molecular formula is C8H14O3. The average Bonchev–Trinajstić information content (AvgIpc) is 2.05. The van der Waals surface area contributed by atoms with Crippen LogP contribution in [0.4, 0.5) is 0 Å². The van der Waals surface area contributed by atoms with E-state index in [0.29, 0.717) is 6.42 Å². The highest BCUT2D eigenvalue weighted by molar-refractivity contribution is 5.49. The van der Waals surface area contributed by atoms with Crippen molar-refractivity contribution in [1.82, 2.24) is 0 Å². The molecule has 0 aromatic heterocycles. The van der Waals surface area contributed by atoms with Crippen molar-refractivity contribution in [2.45, 2.75) is 19.1 Å². The van der Waals surface area contributed by atoms with Gasteiger partial charge < -0.3 is 14.3 Å². The molecule has 3 heteroatoms. The molecule has 0 rings (SSSR count). The zero-order valence-corrected chi connectivity index (χ0v) is 6.95. The van der Waals surface area contributed by atoms with Crippen LogP contribution in [-0.2, 0) is 14.3 Å². The third-order valence-corrected chi connectivity index (χ3v) is 1.21. The number of allylic oxidation sites excluding steroid dienone is 1. The van der Waals surface area contributed by atoms with Crippen LogP contribution in [0.3, 0.4) is 0 Å². The van der Waals surface area contributed by atoms with Crippen LogP contribution in [0, 0.1) is 0 Å². The third kappa shape index (κ3) is 5.76. The SMILES string of the molecule is COC(/C=C/CCC=O)OC. The van der Waals surface area contributed by atoms with Crippen LogP contribution < -0.4 is 0 Å². The van der Waals surface area contributed by atoms with Crippen LogP contribution in [-0.4, -0.2) is 26.8 Å². The van der Waals surface area contributed by atoms with Crippen molar-refractivity contribution < 1.29 is 14.3 Å². The molecule has 0 aromatic carbocycles. The zero-order chi connectivity index (χ0) is 8.53. The van der Waals surface area contributed by atoms with Gasteiger partial charge in [0.25, 0.3) is 0 Å². The summed E-state index contributed by atoms with van der Waals surface area (Å²) in [7, 11) is 3.14. The van der Waals surface area contributed by atoms with Gasteiger partial charge in [-0.05, 0) is 12.5 Å². The Labute approximate surface area is 67.0 Å². The molecule has 0 aromatic rings. The average molecular weight is 158 g/mol. The monoisotopic (exact) mass is 158 g/mol. The highest BCUT2D eigenvalue weighted by Crippen LogP contribution is 1.95. The second-order valence-corrected chi connectivity index (χ2v) is 2.01. The first kappa shape index (κ1) is 10.3. The van der Waals surface area contributed by atoms with Crippen molar-refractivity contribution in [2.24, 2.45) is 0 Å². The topological polar surface area (TPSA) is 35.5 Å². The molecule has 0 saturated carbocycles. The summed E-state index contributed by atoms with van der Waals surface area (Å²) in [6.07, 6.45) is 5.54. The van der Waals surface area contributed by atoms with Crippen LogP contribution in [0.15, 0.2) is 12.2 Å².